The average molecular weight is 401 g/mol. The van der Waals surface area contributed by atoms with Crippen LogP contribution in [0.1, 0.15) is 20.3 Å². The zero-order valence-electron chi connectivity index (χ0n) is 8.74. The van der Waals surface area contributed by atoms with Crippen LogP contribution < -0.4 is 0 Å². The van der Waals surface area contributed by atoms with Crippen LogP contribution in [0.5, 0.6) is 0 Å². The molecule has 0 rings (SSSR count). The minimum Gasteiger partial charge on any atom is -0.125 e. The Morgan fingerprint density at radius 3 is 2.40 bits per heavy atom. The molecule has 0 radical (unpaired) electrons. The van der Waals surface area contributed by atoms with Gasteiger partial charge in [-0.25, -0.2) is 0 Å². The Morgan fingerprint density at radius 2 is 2.00 bits per heavy atom. The van der Waals surface area contributed by atoms with E-state index in [-0.39, 0.29) is 15.1 Å². The zero-order valence-corrected chi connectivity index (χ0v) is 14.2. The summed E-state index contributed by atoms with van der Waals surface area (Å²) in [5.74, 6) is 0.483. The second-order valence-electron chi connectivity index (χ2n) is 3.68. The van der Waals surface area contributed by atoms with Gasteiger partial charge in [0.05, 0.1) is 15.1 Å². The van der Waals surface area contributed by atoms with Crippen molar-refractivity contribution in [2.24, 2.45) is 0 Å². The van der Waals surface area contributed by atoms with Crippen LogP contribution in [-0.2, 0) is 0 Å². The molecule has 0 aliphatic rings. The number of halogens is 5. The highest BCUT2D eigenvalue weighted by molar-refractivity contribution is 9.10. The molecule has 5 heteroatoms. The molecule has 0 aromatic carbocycles. The lowest BCUT2D eigenvalue weighted by Crippen LogP contribution is -2.30. The van der Waals surface area contributed by atoms with E-state index in [0.29, 0.717) is 5.88 Å². The fourth-order valence-corrected chi connectivity index (χ4v) is 2.09. The molecule has 0 heterocycles. The molecule has 0 aliphatic heterocycles. The van der Waals surface area contributed by atoms with Crippen molar-refractivity contribution in [1.82, 2.24) is 0 Å². The van der Waals surface area contributed by atoms with Crippen molar-refractivity contribution in [2.75, 3.05) is 11.2 Å². The third-order valence-corrected chi connectivity index (χ3v) is 6.34. The van der Waals surface area contributed by atoms with Crippen molar-refractivity contribution in [3.63, 3.8) is 0 Å². The van der Waals surface area contributed by atoms with Crippen LogP contribution in [0.25, 0.3) is 0 Å². The molecule has 0 aliphatic carbocycles. The minimum atomic E-state index is -0.233. The minimum absolute atomic E-state index is 0.0337. The molecule has 0 aromatic heterocycles. The van der Waals surface area contributed by atoms with Crippen molar-refractivity contribution in [3.05, 3.63) is 11.6 Å². The Labute approximate surface area is 124 Å². The predicted octanol–water partition coefficient (Wildman–Crippen LogP) is 5.32. The average Bonchev–Trinajstić information content (AvgIpc) is 2.23. The topological polar surface area (TPSA) is 0 Å². The van der Waals surface area contributed by atoms with Gasteiger partial charge in [0.2, 0.25) is 0 Å². The maximum Gasteiger partial charge on any atom is 0.0639 e. The Hall–Kier alpha value is 1.57. The van der Waals surface area contributed by atoms with E-state index < -0.39 is 0 Å². The third-order valence-electron chi connectivity index (χ3n) is 2.19. The van der Waals surface area contributed by atoms with E-state index in [2.05, 4.69) is 37.9 Å². The standard InChI is InChI=1S/C10H15Br2Cl3/c1-7(8(14)5-11)3-4-9(15)10(2,12)6-13/h3,8-9H,4-6H2,1-2H3. The molecule has 3 atom stereocenters. The summed E-state index contributed by atoms with van der Waals surface area (Å²) in [6.45, 7) is 4.00. The van der Waals surface area contributed by atoms with Crippen LogP contribution in [0.4, 0.5) is 0 Å². The molecule has 0 fully saturated rings. The summed E-state index contributed by atoms with van der Waals surface area (Å²) in [7, 11) is 0. The van der Waals surface area contributed by atoms with Crippen molar-refractivity contribution < 1.29 is 0 Å². The summed E-state index contributed by atoms with van der Waals surface area (Å²) in [6.07, 6.45) is 2.83. The molecule has 0 amide bonds. The number of hydrogen-bond acceptors (Lipinski definition) is 0. The molecule has 0 aromatic rings. The fraction of sp³-hybridized carbons (Fsp3) is 0.800. The lowest BCUT2D eigenvalue weighted by molar-refractivity contribution is 0.675. The fourth-order valence-electron chi connectivity index (χ4n) is 0.868. The van der Waals surface area contributed by atoms with Crippen molar-refractivity contribution in [1.29, 1.82) is 0 Å². The molecule has 15 heavy (non-hydrogen) atoms. The van der Waals surface area contributed by atoms with Gasteiger partial charge in [-0.1, -0.05) is 43.5 Å². The monoisotopic (exact) mass is 398 g/mol. The Kier molecular flexibility index (Phi) is 8.63. The highest BCUT2D eigenvalue weighted by Gasteiger charge is 2.28. The van der Waals surface area contributed by atoms with E-state index in [1.165, 1.54) is 0 Å². The molecule has 0 saturated heterocycles. The van der Waals surface area contributed by atoms with Crippen LogP contribution in [-0.4, -0.2) is 26.3 Å². The van der Waals surface area contributed by atoms with Gasteiger partial charge in [-0.05, 0) is 20.3 Å². The molecule has 0 N–H and O–H groups in total. The first-order valence-corrected chi connectivity index (χ1v) is 7.93. The Balaban J connectivity index is 4.26. The molecule has 90 valence electrons. The van der Waals surface area contributed by atoms with Crippen LogP contribution in [0.15, 0.2) is 11.6 Å². The summed E-state index contributed by atoms with van der Waals surface area (Å²) in [4.78, 5) is 0. The number of hydrogen-bond donors (Lipinski definition) is 0. The van der Waals surface area contributed by atoms with Crippen LogP contribution in [0, 0.1) is 0 Å². The predicted molar refractivity (Wildman–Crippen MR) is 79.5 cm³/mol. The first-order valence-electron chi connectivity index (χ1n) is 4.60. The Morgan fingerprint density at radius 1 is 1.47 bits per heavy atom. The van der Waals surface area contributed by atoms with E-state index in [0.717, 1.165) is 17.3 Å². The summed E-state index contributed by atoms with van der Waals surface area (Å²) in [5, 5.41) is 0.751. The molecule has 0 spiro atoms. The summed E-state index contributed by atoms with van der Waals surface area (Å²) in [5.41, 5.74) is 1.14. The maximum atomic E-state index is 6.23. The van der Waals surface area contributed by atoms with Crippen LogP contribution in [0.3, 0.4) is 0 Å². The van der Waals surface area contributed by atoms with Gasteiger partial charge < -0.3 is 0 Å². The summed E-state index contributed by atoms with van der Waals surface area (Å²) < 4.78 is -0.233. The van der Waals surface area contributed by atoms with Crippen LogP contribution >= 0.6 is 66.7 Å². The number of alkyl halides is 5. The van der Waals surface area contributed by atoms with Gasteiger partial charge in [-0.15, -0.1) is 34.8 Å². The van der Waals surface area contributed by atoms with E-state index >= 15 is 0 Å². The van der Waals surface area contributed by atoms with Gasteiger partial charge >= 0.3 is 0 Å². The van der Waals surface area contributed by atoms with E-state index in [4.69, 9.17) is 34.8 Å². The molecular weight excluding hydrogens is 386 g/mol. The first kappa shape index (κ1) is 16.6. The molecular formula is C10H15Br2Cl3. The van der Waals surface area contributed by atoms with Crippen molar-refractivity contribution >= 4 is 66.7 Å². The van der Waals surface area contributed by atoms with Gasteiger partial charge in [0.1, 0.15) is 0 Å². The normalized spacial score (nSPS) is 20.9. The van der Waals surface area contributed by atoms with Gasteiger partial charge in [-0.3, -0.25) is 0 Å². The number of rotatable bonds is 6. The molecule has 0 nitrogen and oxygen atoms in total. The molecule has 0 bridgehead atoms. The molecule has 0 saturated carbocycles. The highest BCUT2D eigenvalue weighted by Crippen LogP contribution is 2.30. The summed E-state index contributed by atoms with van der Waals surface area (Å²) in [6, 6.07) is 0. The first-order chi connectivity index (χ1) is 6.85. The van der Waals surface area contributed by atoms with Crippen LogP contribution in [0.2, 0.25) is 0 Å². The Bertz CT molecular complexity index is 217. The number of allylic oxidation sites excluding steroid dienone is 2. The zero-order chi connectivity index (χ0) is 12.1. The highest BCUT2D eigenvalue weighted by atomic mass is 79.9. The van der Waals surface area contributed by atoms with Gasteiger partial charge in [-0.2, -0.15) is 0 Å². The lowest BCUT2D eigenvalue weighted by Gasteiger charge is -2.24. The van der Waals surface area contributed by atoms with Gasteiger partial charge in [0, 0.05) is 11.2 Å². The second-order valence-corrected chi connectivity index (χ2v) is 7.46. The van der Waals surface area contributed by atoms with Crippen molar-refractivity contribution in [3.8, 4) is 0 Å². The van der Waals surface area contributed by atoms with E-state index in [1.807, 2.05) is 13.8 Å². The summed E-state index contributed by atoms with van der Waals surface area (Å²) >= 11 is 24.9. The SMILES string of the molecule is CC(=CCC(Cl)C(C)(Br)CCl)C(Cl)CBr. The van der Waals surface area contributed by atoms with Gasteiger partial charge in [0.25, 0.3) is 0 Å². The third kappa shape index (κ3) is 6.16. The smallest absolute Gasteiger partial charge is 0.0639 e. The second kappa shape index (κ2) is 7.81. The quantitative estimate of drug-likeness (QED) is 0.417. The van der Waals surface area contributed by atoms with Gasteiger partial charge in [0.15, 0.2) is 0 Å². The lowest BCUT2D eigenvalue weighted by atomic mass is 10.0. The van der Waals surface area contributed by atoms with Crippen molar-refractivity contribution in [2.45, 2.75) is 35.3 Å². The van der Waals surface area contributed by atoms with E-state index in [9.17, 15) is 0 Å². The van der Waals surface area contributed by atoms with E-state index in [1.54, 1.807) is 0 Å². The largest absolute Gasteiger partial charge is 0.125 e. The molecule has 3 unspecified atom stereocenters. The maximum absolute atomic E-state index is 6.23.